The third kappa shape index (κ3) is 2.90. The lowest BCUT2D eigenvalue weighted by molar-refractivity contribution is -0.148. The molecule has 3 aliphatic rings. The zero-order valence-electron chi connectivity index (χ0n) is 18.8. The van der Waals surface area contributed by atoms with Crippen molar-refractivity contribution in [3.8, 4) is 5.75 Å². The summed E-state index contributed by atoms with van der Waals surface area (Å²) in [5.41, 5.74) is 2.69. The SMILES string of the molecule is CN(C)c1ccc2c(c1O)C(=O)C1=C(O)[C@@]3(O)C(=O)C(C(N)=O)=C(O)[C@@H](N(C)C)[C@@H]3C[C@@H]1C2. The van der Waals surface area contributed by atoms with E-state index in [1.54, 1.807) is 45.2 Å². The second-order valence-corrected chi connectivity index (χ2v) is 9.32. The first-order valence-electron chi connectivity index (χ1n) is 10.5. The molecule has 10 nitrogen and oxygen atoms in total. The summed E-state index contributed by atoms with van der Waals surface area (Å²) >= 11 is 0. The molecule has 33 heavy (non-hydrogen) atoms. The van der Waals surface area contributed by atoms with Gasteiger partial charge < -0.3 is 31.1 Å². The molecule has 0 heterocycles. The summed E-state index contributed by atoms with van der Waals surface area (Å²) in [5, 5.41) is 44.2. The highest BCUT2D eigenvalue weighted by atomic mass is 16.3. The number of rotatable bonds is 3. The molecule has 0 saturated heterocycles. The fourth-order valence-electron chi connectivity index (χ4n) is 5.58. The van der Waals surface area contributed by atoms with Gasteiger partial charge in [0.2, 0.25) is 5.78 Å². The number of aliphatic hydroxyl groups is 3. The summed E-state index contributed by atoms with van der Waals surface area (Å²) in [6.07, 6.45) is 0.345. The van der Waals surface area contributed by atoms with Crippen molar-refractivity contribution in [3.05, 3.63) is 45.9 Å². The number of Topliss-reactive ketones (excluding diaryl/α,β-unsaturated/α-hetero) is 2. The van der Waals surface area contributed by atoms with Crippen molar-refractivity contribution < 1.29 is 34.8 Å². The van der Waals surface area contributed by atoms with Crippen molar-refractivity contribution in [2.75, 3.05) is 33.1 Å². The van der Waals surface area contributed by atoms with Crippen molar-refractivity contribution >= 4 is 23.2 Å². The molecule has 3 aliphatic carbocycles. The number of ketones is 2. The number of aliphatic hydroxyl groups excluding tert-OH is 2. The van der Waals surface area contributed by atoms with Gasteiger partial charge in [0.15, 0.2) is 11.4 Å². The molecular formula is C23H27N3O7. The van der Waals surface area contributed by atoms with Crippen LogP contribution in [0.15, 0.2) is 34.8 Å². The van der Waals surface area contributed by atoms with Gasteiger partial charge in [-0.3, -0.25) is 19.3 Å². The van der Waals surface area contributed by atoms with Crippen LogP contribution in [0.5, 0.6) is 5.75 Å². The molecule has 1 aromatic carbocycles. The number of primary amides is 1. The van der Waals surface area contributed by atoms with Gasteiger partial charge in [-0.25, -0.2) is 0 Å². The molecule has 1 amide bonds. The minimum absolute atomic E-state index is 0.00184. The summed E-state index contributed by atoms with van der Waals surface area (Å²) in [5.74, 6) is -6.49. The van der Waals surface area contributed by atoms with Gasteiger partial charge in [0.25, 0.3) is 5.91 Å². The van der Waals surface area contributed by atoms with E-state index in [9.17, 15) is 34.8 Å². The number of carbonyl (C=O) groups is 3. The number of nitrogens with two attached hydrogens (primary N) is 1. The van der Waals surface area contributed by atoms with E-state index >= 15 is 0 Å². The maximum Gasteiger partial charge on any atom is 0.255 e. The highest BCUT2D eigenvalue weighted by Gasteiger charge is 2.63. The summed E-state index contributed by atoms with van der Waals surface area (Å²) in [7, 11) is 6.59. The van der Waals surface area contributed by atoms with Gasteiger partial charge in [-0.05, 0) is 44.5 Å². The summed E-state index contributed by atoms with van der Waals surface area (Å²) in [4.78, 5) is 41.8. The van der Waals surface area contributed by atoms with Gasteiger partial charge in [-0.1, -0.05) is 6.07 Å². The average Bonchev–Trinajstić information content (AvgIpc) is 2.70. The smallest absolute Gasteiger partial charge is 0.255 e. The van der Waals surface area contributed by atoms with Crippen molar-refractivity contribution in [1.82, 2.24) is 4.90 Å². The first kappa shape index (κ1) is 22.8. The number of phenolic OH excluding ortho intramolecular Hbond substituents is 1. The number of allylic oxidation sites excluding steroid dienone is 1. The zero-order valence-corrected chi connectivity index (χ0v) is 18.8. The molecule has 10 heteroatoms. The van der Waals surface area contributed by atoms with Gasteiger partial charge in [-0.15, -0.1) is 0 Å². The number of hydrogen-bond donors (Lipinski definition) is 5. The number of fused-ring (bicyclic) bond motifs is 3. The van der Waals surface area contributed by atoms with Gasteiger partial charge in [-0.2, -0.15) is 0 Å². The van der Waals surface area contributed by atoms with Crippen LogP contribution in [-0.2, 0) is 16.0 Å². The normalized spacial score (nSPS) is 29.1. The van der Waals surface area contributed by atoms with Gasteiger partial charge >= 0.3 is 0 Å². The molecule has 1 aromatic rings. The van der Waals surface area contributed by atoms with Crippen LogP contribution >= 0.6 is 0 Å². The highest BCUT2D eigenvalue weighted by Crippen LogP contribution is 2.52. The Kier molecular flexibility index (Phi) is 5.06. The lowest BCUT2D eigenvalue weighted by Crippen LogP contribution is -2.63. The van der Waals surface area contributed by atoms with E-state index in [0.29, 0.717) is 11.3 Å². The Morgan fingerprint density at radius 1 is 1.12 bits per heavy atom. The van der Waals surface area contributed by atoms with Gasteiger partial charge in [0.05, 0.1) is 17.3 Å². The largest absolute Gasteiger partial charge is 0.510 e. The lowest BCUT2D eigenvalue weighted by atomic mass is 9.58. The molecule has 0 unspecified atom stereocenters. The Morgan fingerprint density at radius 3 is 2.30 bits per heavy atom. The van der Waals surface area contributed by atoms with E-state index < -0.39 is 58.0 Å². The maximum absolute atomic E-state index is 13.5. The average molecular weight is 457 g/mol. The monoisotopic (exact) mass is 457 g/mol. The molecular weight excluding hydrogens is 430 g/mol. The predicted octanol–water partition coefficient (Wildman–Crippen LogP) is 0.187. The van der Waals surface area contributed by atoms with E-state index in [4.69, 9.17) is 5.73 Å². The Balaban J connectivity index is 1.95. The standard InChI is InChI=1S/C23H27N3O7/c1-25(2)12-6-5-9-7-10-8-11-16(26(3)4)19(29)15(22(24)32)21(31)23(11,33)20(30)14(10)18(28)13(9)17(12)27/h5-6,10-11,16,27,29-30,33H,7-8H2,1-4H3,(H2,24,32)/t10-,11-,16-,23+/m0/s1. The number of hydrogen-bond acceptors (Lipinski definition) is 9. The van der Waals surface area contributed by atoms with E-state index in [0.717, 1.165) is 0 Å². The molecule has 0 saturated carbocycles. The Hall–Kier alpha value is -3.37. The Morgan fingerprint density at radius 2 is 1.76 bits per heavy atom. The third-order valence-electron chi connectivity index (χ3n) is 7.06. The minimum Gasteiger partial charge on any atom is -0.510 e. The first-order chi connectivity index (χ1) is 15.3. The van der Waals surface area contributed by atoms with E-state index in [1.807, 2.05) is 0 Å². The van der Waals surface area contributed by atoms with Crippen LogP contribution in [0.25, 0.3) is 0 Å². The van der Waals surface area contributed by atoms with Crippen LogP contribution < -0.4 is 10.6 Å². The molecule has 0 radical (unpaired) electrons. The second-order valence-electron chi connectivity index (χ2n) is 9.32. The number of carbonyl (C=O) groups excluding carboxylic acids is 3. The first-order valence-corrected chi connectivity index (χ1v) is 10.5. The molecule has 6 N–H and O–H groups in total. The van der Waals surface area contributed by atoms with Crippen molar-refractivity contribution in [2.45, 2.75) is 24.5 Å². The van der Waals surface area contributed by atoms with Gasteiger partial charge in [0.1, 0.15) is 22.8 Å². The fraction of sp³-hybridized carbons (Fsp3) is 0.435. The minimum atomic E-state index is -2.63. The Bertz CT molecular complexity index is 1170. The van der Waals surface area contributed by atoms with Crippen molar-refractivity contribution in [1.29, 1.82) is 0 Å². The molecule has 176 valence electrons. The Labute approximate surface area is 190 Å². The van der Waals surface area contributed by atoms with Crippen molar-refractivity contribution in [2.24, 2.45) is 17.6 Å². The number of amides is 1. The lowest BCUT2D eigenvalue weighted by Gasteiger charge is -2.50. The number of likely N-dealkylation sites (N-methyl/N-ethyl adjacent to an activating group) is 1. The predicted molar refractivity (Wildman–Crippen MR) is 118 cm³/mol. The topological polar surface area (TPSA) is 165 Å². The van der Waals surface area contributed by atoms with Gasteiger partial charge in [0, 0.05) is 25.6 Å². The number of aromatic hydroxyl groups is 1. The van der Waals surface area contributed by atoms with Crippen LogP contribution in [0.1, 0.15) is 22.3 Å². The number of benzene rings is 1. The zero-order chi connectivity index (χ0) is 24.6. The van der Waals surface area contributed by atoms with E-state index in [2.05, 4.69) is 0 Å². The summed E-state index contributed by atoms with van der Waals surface area (Å²) < 4.78 is 0. The molecule has 0 spiro atoms. The van der Waals surface area contributed by atoms with E-state index in [1.165, 1.54) is 4.90 Å². The second kappa shape index (κ2) is 7.32. The van der Waals surface area contributed by atoms with Crippen LogP contribution in [0.4, 0.5) is 5.69 Å². The quantitative estimate of drug-likeness (QED) is 0.398. The third-order valence-corrected chi connectivity index (χ3v) is 7.06. The number of anilines is 1. The van der Waals surface area contributed by atoms with Crippen LogP contribution in [0, 0.1) is 11.8 Å². The molecule has 0 aromatic heterocycles. The van der Waals surface area contributed by atoms with Crippen molar-refractivity contribution in [3.63, 3.8) is 0 Å². The van der Waals surface area contributed by atoms with Crippen LogP contribution in [0.3, 0.4) is 0 Å². The van der Waals surface area contributed by atoms with Crippen LogP contribution in [-0.4, -0.2) is 82.6 Å². The maximum atomic E-state index is 13.5. The molecule has 0 bridgehead atoms. The molecule has 4 rings (SSSR count). The van der Waals surface area contributed by atoms with Crippen LogP contribution in [0.2, 0.25) is 0 Å². The molecule has 4 atom stereocenters. The fourth-order valence-corrected chi connectivity index (χ4v) is 5.58. The number of nitrogens with zero attached hydrogens (tertiary/aromatic N) is 2. The molecule has 0 fully saturated rings. The molecule has 0 aliphatic heterocycles. The highest BCUT2D eigenvalue weighted by molar-refractivity contribution is 6.24. The summed E-state index contributed by atoms with van der Waals surface area (Å²) in [6.45, 7) is 0. The summed E-state index contributed by atoms with van der Waals surface area (Å²) in [6, 6.07) is 2.42. The van der Waals surface area contributed by atoms with E-state index in [-0.39, 0.29) is 29.7 Å². The number of phenols is 1.